The van der Waals surface area contributed by atoms with Gasteiger partial charge in [0, 0.05) is 19.5 Å². The number of rotatable bonds is 10. The van der Waals surface area contributed by atoms with E-state index in [1.165, 1.54) is 11.1 Å². The van der Waals surface area contributed by atoms with E-state index in [0.29, 0.717) is 19.0 Å². The van der Waals surface area contributed by atoms with Gasteiger partial charge in [-0.05, 0) is 42.4 Å². The second-order valence-corrected chi connectivity index (χ2v) is 7.84. The Hall–Kier alpha value is -2.62. The van der Waals surface area contributed by atoms with Crippen molar-refractivity contribution in [2.24, 2.45) is 11.7 Å². The van der Waals surface area contributed by atoms with Gasteiger partial charge >= 0.3 is 0 Å². The highest BCUT2D eigenvalue weighted by Crippen LogP contribution is 2.20. The van der Waals surface area contributed by atoms with E-state index in [2.05, 4.69) is 26.0 Å². The van der Waals surface area contributed by atoms with Gasteiger partial charge in [-0.1, -0.05) is 68.4 Å². The summed E-state index contributed by atoms with van der Waals surface area (Å²) in [7, 11) is 0. The molecular formula is C24H32N2O2. The summed E-state index contributed by atoms with van der Waals surface area (Å²) < 4.78 is 0. The predicted molar refractivity (Wildman–Crippen MR) is 114 cm³/mol. The molecule has 2 aromatic carbocycles. The third kappa shape index (κ3) is 6.84. The second kappa shape index (κ2) is 10.6. The van der Waals surface area contributed by atoms with E-state index in [9.17, 15) is 9.59 Å². The van der Waals surface area contributed by atoms with Gasteiger partial charge in [0.2, 0.25) is 11.8 Å². The van der Waals surface area contributed by atoms with E-state index < -0.39 is 0 Å². The third-order valence-corrected chi connectivity index (χ3v) is 4.95. The van der Waals surface area contributed by atoms with Crippen molar-refractivity contribution in [2.45, 2.75) is 46.0 Å². The Morgan fingerprint density at radius 3 is 2.11 bits per heavy atom. The minimum atomic E-state index is -0.386. The largest absolute Gasteiger partial charge is 0.370 e. The summed E-state index contributed by atoms with van der Waals surface area (Å²) in [4.78, 5) is 26.1. The van der Waals surface area contributed by atoms with Crippen molar-refractivity contribution in [1.29, 1.82) is 0 Å². The zero-order chi connectivity index (χ0) is 20.5. The Kier molecular flexibility index (Phi) is 8.24. The van der Waals surface area contributed by atoms with Crippen LogP contribution in [0.3, 0.4) is 0 Å². The average molecular weight is 381 g/mol. The number of nitrogens with two attached hydrogens (primary N) is 1. The molecule has 150 valence electrons. The number of carbonyl (C=O) groups is 2. The number of carbonyl (C=O) groups excluding carboxylic acids is 2. The molecule has 0 radical (unpaired) electrons. The van der Waals surface area contributed by atoms with E-state index >= 15 is 0 Å². The third-order valence-electron chi connectivity index (χ3n) is 4.95. The molecule has 2 N–H and O–H groups in total. The lowest BCUT2D eigenvalue weighted by Gasteiger charge is -2.26. The molecule has 0 saturated carbocycles. The van der Waals surface area contributed by atoms with Gasteiger partial charge in [-0.2, -0.15) is 0 Å². The summed E-state index contributed by atoms with van der Waals surface area (Å²) in [5, 5.41) is 0. The molecule has 0 aliphatic heterocycles. The molecule has 2 amide bonds. The van der Waals surface area contributed by atoms with Crippen molar-refractivity contribution >= 4 is 11.8 Å². The van der Waals surface area contributed by atoms with Crippen LogP contribution in [0.15, 0.2) is 54.6 Å². The highest BCUT2D eigenvalue weighted by atomic mass is 16.2. The molecule has 2 rings (SSSR count). The van der Waals surface area contributed by atoms with Crippen LogP contribution in [-0.4, -0.2) is 29.8 Å². The normalized spacial score (nSPS) is 12.0. The maximum atomic E-state index is 13.1. The Bertz CT molecular complexity index is 754. The molecule has 0 aliphatic carbocycles. The number of hydrogen-bond donors (Lipinski definition) is 1. The summed E-state index contributed by atoms with van der Waals surface area (Å²) in [5.74, 6) is 0.000858. The van der Waals surface area contributed by atoms with Crippen molar-refractivity contribution in [3.63, 3.8) is 0 Å². The molecule has 4 nitrogen and oxygen atoms in total. The van der Waals surface area contributed by atoms with Crippen molar-refractivity contribution in [3.8, 4) is 0 Å². The lowest BCUT2D eigenvalue weighted by Crippen LogP contribution is -2.38. The molecule has 0 aliphatic rings. The average Bonchev–Trinajstić information content (AvgIpc) is 2.68. The minimum absolute atomic E-state index is 0.0359. The molecule has 0 saturated heterocycles. The molecule has 4 heteroatoms. The van der Waals surface area contributed by atoms with Crippen LogP contribution in [0.2, 0.25) is 0 Å². The van der Waals surface area contributed by atoms with Gasteiger partial charge in [0.1, 0.15) is 0 Å². The Balaban J connectivity index is 2.07. The van der Waals surface area contributed by atoms with Gasteiger partial charge in [0.05, 0.1) is 5.92 Å². The van der Waals surface area contributed by atoms with Gasteiger partial charge in [0.25, 0.3) is 0 Å². The van der Waals surface area contributed by atoms with Crippen molar-refractivity contribution in [1.82, 2.24) is 4.90 Å². The van der Waals surface area contributed by atoms with Crippen LogP contribution in [0, 0.1) is 5.92 Å². The number of benzene rings is 2. The number of nitrogens with zero attached hydrogens (tertiary/aromatic N) is 1. The predicted octanol–water partition coefficient (Wildman–Crippen LogP) is 3.94. The first-order valence-corrected chi connectivity index (χ1v) is 10.1. The molecule has 1 atom stereocenters. The summed E-state index contributed by atoms with van der Waals surface area (Å²) in [6.45, 7) is 7.26. The zero-order valence-corrected chi connectivity index (χ0v) is 17.2. The van der Waals surface area contributed by atoms with Gasteiger partial charge in [-0.3, -0.25) is 9.59 Å². The fraction of sp³-hybridized carbons (Fsp3) is 0.417. The van der Waals surface area contributed by atoms with Crippen LogP contribution in [0.5, 0.6) is 0 Å². The van der Waals surface area contributed by atoms with E-state index in [0.717, 1.165) is 18.4 Å². The SMILES string of the molecule is CC(C)Cc1ccc(C(C)C(=O)N(CCC(N)=O)CCc2ccccc2)cc1. The Morgan fingerprint density at radius 1 is 0.893 bits per heavy atom. The van der Waals surface area contributed by atoms with Gasteiger partial charge in [-0.15, -0.1) is 0 Å². The maximum Gasteiger partial charge on any atom is 0.229 e. The summed E-state index contributed by atoms with van der Waals surface area (Å²) >= 11 is 0. The van der Waals surface area contributed by atoms with Crippen molar-refractivity contribution in [2.75, 3.05) is 13.1 Å². The molecule has 1 unspecified atom stereocenters. The van der Waals surface area contributed by atoms with E-state index in [-0.39, 0.29) is 24.2 Å². The first-order chi connectivity index (χ1) is 13.4. The highest BCUT2D eigenvalue weighted by molar-refractivity contribution is 5.84. The van der Waals surface area contributed by atoms with E-state index in [4.69, 9.17) is 5.73 Å². The number of primary amides is 1. The Morgan fingerprint density at radius 2 is 1.54 bits per heavy atom. The molecular weight excluding hydrogens is 348 g/mol. The van der Waals surface area contributed by atoms with E-state index in [1.54, 1.807) is 4.90 Å². The smallest absolute Gasteiger partial charge is 0.229 e. The molecule has 28 heavy (non-hydrogen) atoms. The highest BCUT2D eigenvalue weighted by Gasteiger charge is 2.22. The fourth-order valence-corrected chi connectivity index (χ4v) is 3.32. The van der Waals surface area contributed by atoms with Crippen LogP contribution >= 0.6 is 0 Å². The quantitative estimate of drug-likeness (QED) is 0.679. The first kappa shape index (κ1) is 21.7. The first-order valence-electron chi connectivity index (χ1n) is 10.1. The zero-order valence-electron chi connectivity index (χ0n) is 17.2. The second-order valence-electron chi connectivity index (χ2n) is 7.84. The standard InChI is InChI=1S/C24H32N2O2/c1-18(2)17-21-9-11-22(12-10-21)19(3)24(28)26(16-14-23(25)27)15-13-20-7-5-4-6-8-20/h4-12,18-19H,13-17H2,1-3H3,(H2,25,27). The lowest BCUT2D eigenvalue weighted by atomic mass is 9.95. The maximum absolute atomic E-state index is 13.1. The minimum Gasteiger partial charge on any atom is -0.370 e. The monoisotopic (exact) mass is 380 g/mol. The van der Waals surface area contributed by atoms with Crippen LogP contribution in [-0.2, 0) is 22.4 Å². The molecule has 2 aromatic rings. The molecule has 0 aromatic heterocycles. The topological polar surface area (TPSA) is 63.4 Å². The molecule has 0 heterocycles. The van der Waals surface area contributed by atoms with Gasteiger partial charge in [0.15, 0.2) is 0 Å². The Labute approximate surface area is 168 Å². The van der Waals surface area contributed by atoms with Crippen LogP contribution in [0.25, 0.3) is 0 Å². The summed E-state index contributed by atoms with van der Waals surface area (Å²) in [6, 6.07) is 18.4. The van der Waals surface area contributed by atoms with Crippen molar-refractivity contribution in [3.05, 3.63) is 71.3 Å². The van der Waals surface area contributed by atoms with Crippen LogP contribution in [0.1, 0.15) is 49.8 Å². The van der Waals surface area contributed by atoms with Crippen molar-refractivity contribution < 1.29 is 9.59 Å². The van der Waals surface area contributed by atoms with E-state index in [1.807, 2.05) is 49.4 Å². The van der Waals surface area contributed by atoms with Gasteiger partial charge in [-0.25, -0.2) is 0 Å². The summed E-state index contributed by atoms with van der Waals surface area (Å²) in [6.07, 6.45) is 1.97. The van der Waals surface area contributed by atoms with Crippen LogP contribution in [0.4, 0.5) is 0 Å². The lowest BCUT2D eigenvalue weighted by molar-refractivity contribution is -0.132. The molecule has 0 spiro atoms. The summed E-state index contributed by atoms with van der Waals surface area (Å²) in [5.41, 5.74) is 8.77. The molecule has 0 bridgehead atoms. The molecule has 0 fully saturated rings. The number of amides is 2. The number of hydrogen-bond acceptors (Lipinski definition) is 2. The fourth-order valence-electron chi connectivity index (χ4n) is 3.32. The van der Waals surface area contributed by atoms with Gasteiger partial charge < -0.3 is 10.6 Å². The van der Waals surface area contributed by atoms with Crippen LogP contribution < -0.4 is 5.73 Å².